The van der Waals surface area contributed by atoms with Crippen molar-refractivity contribution in [1.29, 1.82) is 0 Å². The zero-order valence-corrected chi connectivity index (χ0v) is 8.15. The predicted molar refractivity (Wildman–Crippen MR) is 59.4 cm³/mol. The minimum atomic E-state index is -0.691. The third-order valence-corrected chi connectivity index (χ3v) is 2.10. The highest BCUT2D eigenvalue weighted by Gasteiger charge is 2.04. The summed E-state index contributed by atoms with van der Waals surface area (Å²) in [7, 11) is 0. The summed E-state index contributed by atoms with van der Waals surface area (Å²) in [5, 5.41) is 12.9. The number of benzene rings is 1. The van der Waals surface area contributed by atoms with E-state index in [1.807, 2.05) is 0 Å². The number of carbonyl (C=O) groups excluding carboxylic acids is 1. The number of rotatable bonds is 1. The molecule has 0 saturated heterocycles. The van der Waals surface area contributed by atoms with Crippen LogP contribution in [0.4, 0.5) is 10.5 Å². The molecule has 0 atom stereocenters. The molecule has 2 amide bonds. The molecular formula is C10H9N3O3. The van der Waals surface area contributed by atoms with Gasteiger partial charge in [-0.1, -0.05) is 6.07 Å². The Balaban J connectivity index is 2.61. The monoisotopic (exact) mass is 219 g/mol. The first kappa shape index (κ1) is 10.0. The Kier molecular flexibility index (Phi) is 2.24. The van der Waals surface area contributed by atoms with Crippen molar-refractivity contribution in [1.82, 2.24) is 4.98 Å². The van der Waals surface area contributed by atoms with Crippen LogP contribution in [0.3, 0.4) is 0 Å². The van der Waals surface area contributed by atoms with E-state index < -0.39 is 6.03 Å². The van der Waals surface area contributed by atoms with Gasteiger partial charge in [-0.25, -0.2) is 4.79 Å². The summed E-state index contributed by atoms with van der Waals surface area (Å²) in [4.78, 5) is 23.9. The van der Waals surface area contributed by atoms with Gasteiger partial charge in [0.25, 0.3) is 5.56 Å². The van der Waals surface area contributed by atoms with E-state index in [2.05, 4.69) is 10.3 Å². The quantitative estimate of drug-likeness (QED) is 0.567. The molecule has 0 radical (unpaired) electrons. The maximum atomic E-state index is 11.1. The van der Waals surface area contributed by atoms with Crippen molar-refractivity contribution in [3.63, 3.8) is 0 Å². The second-order valence-electron chi connectivity index (χ2n) is 3.27. The minimum absolute atomic E-state index is 0.240. The summed E-state index contributed by atoms with van der Waals surface area (Å²) in [6.07, 6.45) is 0. The number of aromatic amines is 1. The highest BCUT2D eigenvalue weighted by molar-refractivity contribution is 5.94. The number of hydrogen-bond donors (Lipinski definition) is 4. The first-order valence-electron chi connectivity index (χ1n) is 4.49. The van der Waals surface area contributed by atoms with Gasteiger partial charge in [0, 0.05) is 17.1 Å². The molecule has 0 aliphatic heterocycles. The highest BCUT2D eigenvalue weighted by atomic mass is 16.3. The molecule has 0 bridgehead atoms. The first-order chi connectivity index (χ1) is 7.56. The molecule has 1 aromatic carbocycles. The fourth-order valence-corrected chi connectivity index (χ4v) is 1.47. The Morgan fingerprint density at radius 2 is 2.12 bits per heavy atom. The van der Waals surface area contributed by atoms with Crippen LogP contribution in [0.1, 0.15) is 0 Å². The molecule has 16 heavy (non-hydrogen) atoms. The third-order valence-electron chi connectivity index (χ3n) is 2.10. The third kappa shape index (κ3) is 1.81. The number of hydrogen-bond acceptors (Lipinski definition) is 3. The Bertz CT molecular complexity index is 618. The van der Waals surface area contributed by atoms with E-state index in [0.29, 0.717) is 16.5 Å². The van der Waals surface area contributed by atoms with Crippen LogP contribution in [-0.4, -0.2) is 16.1 Å². The predicted octanol–water partition coefficient (Wildman–Crippen LogP) is 0.724. The van der Waals surface area contributed by atoms with Crippen LogP contribution in [0.5, 0.6) is 5.88 Å². The molecule has 0 aliphatic carbocycles. The zero-order chi connectivity index (χ0) is 11.7. The molecular weight excluding hydrogens is 210 g/mol. The number of nitrogens with one attached hydrogen (secondary N) is 2. The minimum Gasteiger partial charge on any atom is -0.494 e. The van der Waals surface area contributed by atoms with Crippen LogP contribution < -0.4 is 16.6 Å². The Labute approximate surface area is 89.7 Å². The summed E-state index contributed by atoms with van der Waals surface area (Å²) in [5.74, 6) is -0.240. The van der Waals surface area contributed by atoms with Crippen LogP contribution in [0.15, 0.2) is 29.1 Å². The van der Waals surface area contributed by atoms with Crippen molar-refractivity contribution in [3.8, 4) is 5.88 Å². The van der Waals surface area contributed by atoms with E-state index in [0.717, 1.165) is 0 Å². The largest absolute Gasteiger partial charge is 0.494 e. The Morgan fingerprint density at radius 1 is 1.38 bits per heavy atom. The summed E-state index contributed by atoms with van der Waals surface area (Å²) < 4.78 is 0. The number of carbonyl (C=O) groups is 1. The number of amides is 2. The number of primary amides is 1. The van der Waals surface area contributed by atoms with Crippen molar-refractivity contribution >= 4 is 22.5 Å². The number of urea groups is 1. The average molecular weight is 219 g/mol. The lowest BCUT2D eigenvalue weighted by Gasteiger charge is -2.04. The van der Waals surface area contributed by atoms with E-state index in [-0.39, 0.29) is 11.4 Å². The summed E-state index contributed by atoms with van der Waals surface area (Å²) in [6, 6.07) is 5.37. The highest BCUT2D eigenvalue weighted by Crippen LogP contribution is 2.23. The number of aromatic nitrogens is 1. The lowest BCUT2D eigenvalue weighted by atomic mass is 10.1. The number of aromatic hydroxyl groups is 1. The average Bonchev–Trinajstić information content (AvgIpc) is 2.18. The number of nitrogens with two attached hydrogens (primary N) is 1. The van der Waals surface area contributed by atoms with Crippen LogP contribution in [-0.2, 0) is 0 Å². The molecule has 2 rings (SSSR count). The standard InChI is InChI=1S/C10H9N3O3/c11-10(16)12-6-2-1-5-3-8(14)13-9(15)7(5)4-6/h1-4H,(H3,11,12,16)(H2,13,14,15). The van der Waals surface area contributed by atoms with Crippen molar-refractivity contribution < 1.29 is 9.90 Å². The lowest BCUT2D eigenvalue weighted by Crippen LogP contribution is -2.19. The zero-order valence-electron chi connectivity index (χ0n) is 8.15. The molecule has 82 valence electrons. The lowest BCUT2D eigenvalue weighted by molar-refractivity contribution is 0.259. The molecule has 0 aliphatic rings. The number of pyridine rings is 1. The molecule has 5 N–H and O–H groups in total. The maximum Gasteiger partial charge on any atom is 0.316 e. The van der Waals surface area contributed by atoms with E-state index in [1.165, 1.54) is 12.1 Å². The van der Waals surface area contributed by atoms with Gasteiger partial charge in [-0.05, 0) is 17.5 Å². The molecule has 6 heteroatoms. The molecule has 1 aromatic heterocycles. The van der Waals surface area contributed by atoms with E-state index in [4.69, 9.17) is 5.73 Å². The first-order valence-corrected chi connectivity index (χ1v) is 4.49. The van der Waals surface area contributed by atoms with Crippen LogP contribution in [0, 0.1) is 0 Å². The van der Waals surface area contributed by atoms with E-state index >= 15 is 0 Å². The Morgan fingerprint density at radius 3 is 2.81 bits per heavy atom. The van der Waals surface area contributed by atoms with Gasteiger partial charge in [-0.15, -0.1) is 0 Å². The van der Waals surface area contributed by atoms with Crippen LogP contribution in [0.25, 0.3) is 10.8 Å². The van der Waals surface area contributed by atoms with Crippen molar-refractivity contribution in [3.05, 3.63) is 34.6 Å². The summed E-state index contributed by atoms with van der Waals surface area (Å²) in [6.45, 7) is 0. The van der Waals surface area contributed by atoms with Crippen molar-refractivity contribution in [2.75, 3.05) is 5.32 Å². The molecule has 2 aromatic rings. The SMILES string of the molecule is NC(=O)Nc1ccc2cc(=O)[nH]c(O)c2c1. The van der Waals surface area contributed by atoms with Crippen molar-refractivity contribution in [2.45, 2.75) is 0 Å². The van der Waals surface area contributed by atoms with Crippen molar-refractivity contribution in [2.24, 2.45) is 5.73 Å². The number of anilines is 1. The fourth-order valence-electron chi connectivity index (χ4n) is 1.47. The number of H-pyrrole nitrogens is 1. The fraction of sp³-hybridized carbons (Fsp3) is 0. The second-order valence-corrected chi connectivity index (χ2v) is 3.27. The Hall–Kier alpha value is -2.50. The van der Waals surface area contributed by atoms with E-state index in [9.17, 15) is 14.7 Å². The van der Waals surface area contributed by atoms with Gasteiger partial charge >= 0.3 is 6.03 Å². The van der Waals surface area contributed by atoms with Crippen LogP contribution in [0.2, 0.25) is 0 Å². The summed E-state index contributed by atoms with van der Waals surface area (Å²) in [5.41, 5.74) is 5.02. The molecule has 0 saturated carbocycles. The normalized spacial score (nSPS) is 10.2. The molecule has 0 fully saturated rings. The summed E-state index contributed by atoms with van der Waals surface area (Å²) >= 11 is 0. The molecule has 0 unspecified atom stereocenters. The van der Waals surface area contributed by atoms with E-state index in [1.54, 1.807) is 12.1 Å². The van der Waals surface area contributed by atoms with Gasteiger partial charge in [0.1, 0.15) is 0 Å². The van der Waals surface area contributed by atoms with Gasteiger partial charge in [0.05, 0.1) is 0 Å². The van der Waals surface area contributed by atoms with Gasteiger partial charge in [-0.3, -0.25) is 9.78 Å². The van der Waals surface area contributed by atoms with Gasteiger partial charge in [0.15, 0.2) is 5.88 Å². The molecule has 6 nitrogen and oxygen atoms in total. The topological polar surface area (TPSA) is 108 Å². The number of fused-ring (bicyclic) bond motifs is 1. The van der Waals surface area contributed by atoms with Gasteiger partial charge < -0.3 is 16.2 Å². The molecule has 0 spiro atoms. The second kappa shape index (κ2) is 3.58. The van der Waals surface area contributed by atoms with Gasteiger partial charge in [-0.2, -0.15) is 0 Å². The van der Waals surface area contributed by atoms with Gasteiger partial charge in [0.2, 0.25) is 0 Å². The van der Waals surface area contributed by atoms with Crippen LogP contribution >= 0.6 is 0 Å². The maximum absolute atomic E-state index is 11.1. The molecule has 1 heterocycles. The smallest absolute Gasteiger partial charge is 0.316 e.